The van der Waals surface area contributed by atoms with Gasteiger partial charge in [-0.1, -0.05) is 6.07 Å². The third-order valence-electron chi connectivity index (χ3n) is 3.14. The fourth-order valence-corrected chi connectivity index (χ4v) is 2.66. The number of nitrogens with one attached hydrogen (secondary N) is 2. The van der Waals surface area contributed by atoms with Gasteiger partial charge in [0.2, 0.25) is 0 Å². The average Bonchev–Trinajstić information content (AvgIpc) is 2.94. The number of aryl methyl sites for hydroxylation is 1. The van der Waals surface area contributed by atoms with Gasteiger partial charge in [-0.25, -0.2) is 0 Å². The van der Waals surface area contributed by atoms with Crippen molar-refractivity contribution >= 4 is 22.9 Å². The zero-order valence-electron chi connectivity index (χ0n) is 11.4. The maximum atomic E-state index is 11.7. The van der Waals surface area contributed by atoms with Crippen LogP contribution in [0.4, 0.5) is 5.69 Å². The van der Waals surface area contributed by atoms with Crippen LogP contribution in [0.15, 0.2) is 35.0 Å². The normalized spacial score (nSPS) is 11.9. The lowest BCUT2D eigenvalue weighted by molar-refractivity contribution is 0.0963. The van der Waals surface area contributed by atoms with Crippen molar-refractivity contribution in [2.45, 2.75) is 19.9 Å². The Hall–Kier alpha value is -1.81. The molecule has 4 heteroatoms. The second-order valence-corrected chi connectivity index (χ2v) is 5.31. The maximum absolute atomic E-state index is 11.7. The largest absolute Gasteiger partial charge is 0.378 e. The van der Waals surface area contributed by atoms with Gasteiger partial charge in [-0.2, -0.15) is 11.3 Å². The molecule has 0 aliphatic rings. The molecule has 19 heavy (non-hydrogen) atoms. The van der Waals surface area contributed by atoms with E-state index in [2.05, 4.69) is 34.4 Å². The SMILES string of the molecule is CNC(=O)c1ccc(C)c(NC(C)c2ccsc2)c1. The Balaban J connectivity index is 2.22. The minimum absolute atomic E-state index is 0.0637. The first-order valence-electron chi connectivity index (χ1n) is 6.23. The van der Waals surface area contributed by atoms with Crippen LogP contribution < -0.4 is 10.6 Å². The van der Waals surface area contributed by atoms with Crippen molar-refractivity contribution < 1.29 is 4.79 Å². The van der Waals surface area contributed by atoms with Crippen molar-refractivity contribution in [2.24, 2.45) is 0 Å². The van der Waals surface area contributed by atoms with E-state index in [1.54, 1.807) is 18.4 Å². The number of hydrogen-bond donors (Lipinski definition) is 2. The summed E-state index contributed by atoms with van der Waals surface area (Å²) in [6.07, 6.45) is 0. The lowest BCUT2D eigenvalue weighted by atomic mass is 10.1. The number of amides is 1. The summed E-state index contributed by atoms with van der Waals surface area (Å²) in [5.74, 6) is -0.0637. The summed E-state index contributed by atoms with van der Waals surface area (Å²) in [5, 5.41) is 10.3. The van der Waals surface area contributed by atoms with Gasteiger partial charge in [-0.15, -0.1) is 0 Å². The van der Waals surface area contributed by atoms with Crippen molar-refractivity contribution in [3.05, 3.63) is 51.7 Å². The summed E-state index contributed by atoms with van der Waals surface area (Å²) in [6.45, 7) is 4.16. The molecule has 0 saturated heterocycles. The van der Waals surface area contributed by atoms with Gasteiger partial charge in [0, 0.05) is 24.3 Å². The lowest BCUT2D eigenvalue weighted by Gasteiger charge is -2.17. The quantitative estimate of drug-likeness (QED) is 0.894. The fourth-order valence-electron chi connectivity index (χ4n) is 1.90. The van der Waals surface area contributed by atoms with Crippen molar-refractivity contribution in [1.82, 2.24) is 5.32 Å². The molecule has 1 unspecified atom stereocenters. The zero-order chi connectivity index (χ0) is 13.8. The highest BCUT2D eigenvalue weighted by atomic mass is 32.1. The van der Waals surface area contributed by atoms with Crippen molar-refractivity contribution in [1.29, 1.82) is 0 Å². The third-order valence-corrected chi connectivity index (χ3v) is 3.84. The van der Waals surface area contributed by atoms with Crippen molar-refractivity contribution in [3.8, 4) is 0 Å². The van der Waals surface area contributed by atoms with Crippen molar-refractivity contribution in [3.63, 3.8) is 0 Å². The van der Waals surface area contributed by atoms with E-state index in [9.17, 15) is 4.79 Å². The summed E-state index contributed by atoms with van der Waals surface area (Å²) in [6, 6.07) is 8.05. The molecule has 1 aromatic carbocycles. The van der Waals surface area contributed by atoms with Crippen LogP contribution in [0.1, 0.15) is 34.5 Å². The van der Waals surface area contributed by atoms with Gasteiger partial charge in [-0.05, 0) is 53.9 Å². The number of hydrogen-bond acceptors (Lipinski definition) is 3. The summed E-state index contributed by atoms with van der Waals surface area (Å²) < 4.78 is 0. The number of benzene rings is 1. The molecule has 2 N–H and O–H groups in total. The van der Waals surface area contributed by atoms with E-state index in [1.807, 2.05) is 25.1 Å². The van der Waals surface area contributed by atoms with E-state index in [0.29, 0.717) is 5.56 Å². The standard InChI is InChI=1S/C15H18N2OS/c1-10-4-5-12(15(18)16-3)8-14(10)17-11(2)13-6-7-19-9-13/h4-9,11,17H,1-3H3,(H,16,18). The second-order valence-electron chi connectivity index (χ2n) is 4.53. The van der Waals surface area contributed by atoms with E-state index in [-0.39, 0.29) is 11.9 Å². The number of carbonyl (C=O) groups is 1. The molecule has 0 fully saturated rings. The molecule has 0 bridgehead atoms. The third kappa shape index (κ3) is 3.15. The Bertz CT molecular complexity index is 564. The molecule has 0 aliphatic heterocycles. The summed E-state index contributed by atoms with van der Waals surface area (Å²) >= 11 is 1.69. The first kappa shape index (κ1) is 13.6. The molecule has 100 valence electrons. The predicted octanol–water partition coefficient (Wildman–Crippen LogP) is 3.59. The van der Waals surface area contributed by atoms with E-state index in [1.165, 1.54) is 5.56 Å². The topological polar surface area (TPSA) is 41.1 Å². The van der Waals surface area contributed by atoms with Crippen LogP contribution in [0.3, 0.4) is 0 Å². The Kier molecular flexibility index (Phi) is 4.22. The van der Waals surface area contributed by atoms with Gasteiger partial charge in [-0.3, -0.25) is 4.79 Å². The molecule has 1 amide bonds. The van der Waals surface area contributed by atoms with Crippen LogP contribution in [0.2, 0.25) is 0 Å². The number of carbonyl (C=O) groups excluding carboxylic acids is 1. The Morgan fingerprint density at radius 2 is 2.11 bits per heavy atom. The minimum Gasteiger partial charge on any atom is -0.378 e. The monoisotopic (exact) mass is 274 g/mol. The first-order valence-corrected chi connectivity index (χ1v) is 7.17. The Morgan fingerprint density at radius 1 is 1.32 bits per heavy atom. The zero-order valence-corrected chi connectivity index (χ0v) is 12.2. The van der Waals surface area contributed by atoms with Crippen LogP contribution in [-0.2, 0) is 0 Å². The molecule has 0 radical (unpaired) electrons. The molecule has 1 aromatic heterocycles. The van der Waals surface area contributed by atoms with E-state index >= 15 is 0 Å². The first-order chi connectivity index (χ1) is 9.11. The molecule has 0 aliphatic carbocycles. The van der Waals surface area contributed by atoms with Crippen molar-refractivity contribution in [2.75, 3.05) is 12.4 Å². The molecular weight excluding hydrogens is 256 g/mol. The average molecular weight is 274 g/mol. The predicted molar refractivity (Wildman–Crippen MR) is 80.9 cm³/mol. The van der Waals surface area contributed by atoms with Gasteiger partial charge in [0.15, 0.2) is 0 Å². The van der Waals surface area contributed by atoms with Crippen LogP contribution in [0.5, 0.6) is 0 Å². The summed E-state index contributed by atoms with van der Waals surface area (Å²) in [5.41, 5.74) is 4.07. The summed E-state index contributed by atoms with van der Waals surface area (Å²) in [7, 11) is 1.64. The Labute approximate surface area is 117 Å². The van der Waals surface area contributed by atoms with Gasteiger partial charge >= 0.3 is 0 Å². The summed E-state index contributed by atoms with van der Waals surface area (Å²) in [4.78, 5) is 11.7. The lowest BCUT2D eigenvalue weighted by Crippen LogP contribution is -2.18. The Morgan fingerprint density at radius 3 is 2.74 bits per heavy atom. The van der Waals surface area contributed by atoms with Gasteiger partial charge in [0.1, 0.15) is 0 Å². The van der Waals surface area contributed by atoms with Gasteiger partial charge in [0.05, 0.1) is 0 Å². The minimum atomic E-state index is -0.0637. The molecule has 3 nitrogen and oxygen atoms in total. The molecule has 0 saturated carbocycles. The fraction of sp³-hybridized carbons (Fsp3) is 0.267. The number of rotatable bonds is 4. The number of anilines is 1. The van der Waals surface area contributed by atoms with E-state index < -0.39 is 0 Å². The van der Waals surface area contributed by atoms with Crippen LogP contribution in [0.25, 0.3) is 0 Å². The van der Waals surface area contributed by atoms with Gasteiger partial charge in [0.25, 0.3) is 5.91 Å². The highest BCUT2D eigenvalue weighted by Gasteiger charge is 2.10. The highest BCUT2D eigenvalue weighted by molar-refractivity contribution is 7.07. The molecule has 0 spiro atoms. The van der Waals surface area contributed by atoms with Gasteiger partial charge < -0.3 is 10.6 Å². The maximum Gasteiger partial charge on any atom is 0.251 e. The smallest absolute Gasteiger partial charge is 0.251 e. The molecule has 1 atom stereocenters. The van der Waals surface area contributed by atoms with Crippen LogP contribution >= 0.6 is 11.3 Å². The van der Waals surface area contributed by atoms with E-state index in [0.717, 1.165) is 11.3 Å². The highest BCUT2D eigenvalue weighted by Crippen LogP contribution is 2.24. The van der Waals surface area contributed by atoms with Crippen LogP contribution in [-0.4, -0.2) is 13.0 Å². The number of thiophene rings is 1. The molecule has 1 heterocycles. The molecule has 2 aromatic rings. The van der Waals surface area contributed by atoms with E-state index in [4.69, 9.17) is 0 Å². The molecule has 2 rings (SSSR count). The van der Waals surface area contributed by atoms with Crippen LogP contribution in [0, 0.1) is 6.92 Å². The molecular formula is C15H18N2OS. The second kappa shape index (κ2) is 5.89.